The minimum atomic E-state index is 0. The average Bonchev–Trinajstić information content (AvgIpc) is 1.75. The van der Waals surface area contributed by atoms with Crippen molar-refractivity contribution >= 4 is 0 Å². The van der Waals surface area contributed by atoms with Gasteiger partial charge in [0.1, 0.15) is 0 Å². The molecule has 0 aliphatic carbocycles. The molecule has 1 nitrogen and oxygen atoms in total. The van der Waals surface area contributed by atoms with E-state index in [1.165, 1.54) is 25.9 Å². The molecule has 11 heavy (non-hydrogen) atoms. The maximum atomic E-state index is 3.25. The Balaban J connectivity index is 0.000001000. The van der Waals surface area contributed by atoms with Gasteiger partial charge in [0.05, 0.1) is 0 Å². The first kappa shape index (κ1) is 12.1. The van der Waals surface area contributed by atoms with Crippen molar-refractivity contribution in [1.29, 1.82) is 0 Å². The molecule has 1 N–H and O–H groups in total. The van der Waals surface area contributed by atoms with E-state index in [0.29, 0.717) is 0 Å². The van der Waals surface area contributed by atoms with Gasteiger partial charge in [-0.25, -0.2) is 12.8 Å². The summed E-state index contributed by atoms with van der Waals surface area (Å²) in [6.45, 7) is 6.82. The third-order valence-electron chi connectivity index (χ3n) is 1.89. The predicted octanol–water partition coefficient (Wildman–Crippen LogP) is 1.80. The van der Waals surface area contributed by atoms with E-state index in [2.05, 4.69) is 25.6 Å². The fourth-order valence-electron chi connectivity index (χ4n) is 1.10. The van der Waals surface area contributed by atoms with Crippen molar-refractivity contribution in [2.45, 2.75) is 26.7 Å². The molecule has 1 aliphatic heterocycles. The van der Waals surface area contributed by atoms with Crippen LogP contribution in [-0.2, 0) is 32.7 Å². The Morgan fingerprint density at radius 3 is 2.45 bits per heavy atom. The van der Waals surface area contributed by atoms with E-state index in [1.54, 1.807) is 5.92 Å². The molecule has 0 aromatic heterocycles. The summed E-state index contributed by atoms with van der Waals surface area (Å²) in [6.07, 6.45) is 4.98. The second-order valence-electron chi connectivity index (χ2n) is 3.37. The topological polar surface area (TPSA) is 12.0 Å². The normalized spacial score (nSPS) is 17.7. The molecule has 0 atom stereocenters. The molecule has 0 bridgehead atoms. The van der Waals surface area contributed by atoms with Crippen LogP contribution in [-0.4, -0.2) is 13.1 Å². The Morgan fingerprint density at radius 1 is 1.45 bits per heavy atom. The maximum Gasteiger partial charge on any atom is 0 e. The zero-order valence-corrected chi connectivity index (χ0v) is 10.4. The van der Waals surface area contributed by atoms with Crippen LogP contribution in [0.2, 0.25) is 0 Å². The van der Waals surface area contributed by atoms with Crippen LogP contribution in [0.4, 0.5) is 0 Å². The third kappa shape index (κ3) is 5.33. The van der Waals surface area contributed by atoms with Crippen molar-refractivity contribution in [3.8, 4) is 0 Å². The van der Waals surface area contributed by atoms with Crippen LogP contribution in [0.15, 0.2) is 0 Å². The van der Waals surface area contributed by atoms with Crippen molar-refractivity contribution in [2.24, 2.45) is 5.92 Å². The summed E-state index contributed by atoms with van der Waals surface area (Å²) in [5.41, 5.74) is 0. The fraction of sp³-hybridized carbons (Fsp3) is 0.778. The van der Waals surface area contributed by atoms with Gasteiger partial charge >= 0.3 is 0 Å². The SMILES string of the molecule is CC(C)[CH-]CC[C-]1CNC1.[Y]. The Morgan fingerprint density at radius 2 is 2.09 bits per heavy atom. The first-order chi connectivity index (χ1) is 4.79. The summed E-state index contributed by atoms with van der Waals surface area (Å²) < 4.78 is 0. The van der Waals surface area contributed by atoms with Gasteiger partial charge < -0.3 is 11.7 Å². The summed E-state index contributed by atoms with van der Waals surface area (Å²) in [4.78, 5) is 0. The zero-order chi connectivity index (χ0) is 7.40. The van der Waals surface area contributed by atoms with E-state index in [0.717, 1.165) is 5.92 Å². The van der Waals surface area contributed by atoms with E-state index in [9.17, 15) is 0 Å². The summed E-state index contributed by atoms with van der Waals surface area (Å²) in [6, 6.07) is 0. The summed E-state index contributed by atoms with van der Waals surface area (Å²) in [7, 11) is 0. The fourth-order valence-corrected chi connectivity index (χ4v) is 1.10. The summed E-state index contributed by atoms with van der Waals surface area (Å²) in [5, 5.41) is 3.25. The van der Waals surface area contributed by atoms with Gasteiger partial charge in [0, 0.05) is 32.7 Å². The molecule has 1 saturated heterocycles. The van der Waals surface area contributed by atoms with E-state index in [1.807, 2.05) is 0 Å². The molecule has 0 spiro atoms. The molecule has 1 radical (unpaired) electrons. The van der Waals surface area contributed by atoms with Gasteiger partial charge in [-0.15, -0.1) is 13.1 Å². The largest absolute Gasteiger partial charge is 0.375 e. The van der Waals surface area contributed by atoms with E-state index < -0.39 is 0 Å². The number of rotatable bonds is 4. The molecule has 0 aromatic rings. The van der Waals surface area contributed by atoms with Crippen molar-refractivity contribution < 1.29 is 32.7 Å². The molecular weight excluding hydrogens is 211 g/mol. The molecule has 0 saturated carbocycles. The van der Waals surface area contributed by atoms with Crippen LogP contribution in [0, 0.1) is 18.3 Å². The maximum absolute atomic E-state index is 3.25. The van der Waals surface area contributed by atoms with Gasteiger partial charge in [0.25, 0.3) is 0 Å². The summed E-state index contributed by atoms with van der Waals surface area (Å²) >= 11 is 0. The van der Waals surface area contributed by atoms with E-state index >= 15 is 0 Å². The molecule has 1 heterocycles. The van der Waals surface area contributed by atoms with Gasteiger partial charge in [-0.2, -0.15) is 5.92 Å². The average molecular weight is 228 g/mol. The van der Waals surface area contributed by atoms with Gasteiger partial charge in [-0.05, 0) is 0 Å². The minimum Gasteiger partial charge on any atom is -0.375 e. The predicted molar refractivity (Wildman–Crippen MR) is 44.5 cm³/mol. The second kappa shape index (κ2) is 6.57. The van der Waals surface area contributed by atoms with Crippen LogP contribution >= 0.6 is 0 Å². The first-order valence-electron chi connectivity index (χ1n) is 4.16. The Bertz CT molecular complexity index is 89.6. The first-order valence-corrected chi connectivity index (χ1v) is 4.16. The quantitative estimate of drug-likeness (QED) is 0.723. The monoisotopic (exact) mass is 228 g/mol. The van der Waals surface area contributed by atoms with Gasteiger partial charge in [0.2, 0.25) is 0 Å². The van der Waals surface area contributed by atoms with Crippen LogP contribution in [0.25, 0.3) is 0 Å². The molecule has 1 fully saturated rings. The van der Waals surface area contributed by atoms with Crippen molar-refractivity contribution in [2.75, 3.05) is 13.1 Å². The molecule has 1 aliphatic rings. The molecule has 63 valence electrons. The van der Waals surface area contributed by atoms with E-state index in [4.69, 9.17) is 0 Å². The molecular formula is C9H17NY-2. The van der Waals surface area contributed by atoms with Crippen molar-refractivity contribution in [3.05, 3.63) is 12.3 Å². The number of hydrogen-bond acceptors (Lipinski definition) is 1. The van der Waals surface area contributed by atoms with Crippen molar-refractivity contribution in [3.63, 3.8) is 0 Å². The standard InChI is InChI=1S/C9H17N.Y/c1-8(2)4-3-5-9-6-10-7-9;/h4,8,10H,3,5-7H2,1-2H3;/q-2;. The third-order valence-corrected chi connectivity index (χ3v) is 1.89. The van der Waals surface area contributed by atoms with Gasteiger partial charge in [-0.3, -0.25) is 5.92 Å². The smallest absolute Gasteiger partial charge is 0 e. The van der Waals surface area contributed by atoms with Gasteiger partial charge in [0.15, 0.2) is 0 Å². The Hall–Kier alpha value is 1.06. The molecule has 2 heteroatoms. The van der Waals surface area contributed by atoms with Crippen LogP contribution in [0.3, 0.4) is 0 Å². The number of nitrogens with one attached hydrogen (secondary N) is 1. The van der Waals surface area contributed by atoms with Crippen molar-refractivity contribution in [1.82, 2.24) is 5.32 Å². The minimum absolute atomic E-state index is 0. The van der Waals surface area contributed by atoms with Gasteiger partial charge in [-0.1, -0.05) is 13.8 Å². The Kier molecular flexibility index (Phi) is 7.20. The summed E-state index contributed by atoms with van der Waals surface area (Å²) in [5.74, 6) is 2.45. The van der Waals surface area contributed by atoms with Crippen LogP contribution in [0.1, 0.15) is 26.7 Å². The van der Waals surface area contributed by atoms with Crippen LogP contribution in [0.5, 0.6) is 0 Å². The van der Waals surface area contributed by atoms with E-state index in [-0.39, 0.29) is 32.7 Å². The molecule has 0 unspecified atom stereocenters. The Labute approximate surface area is 95.6 Å². The second-order valence-corrected chi connectivity index (χ2v) is 3.37. The molecule has 0 aromatic carbocycles. The molecule has 0 amide bonds. The molecule has 1 rings (SSSR count). The van der Waals surface area contributed by atoms with Crippen LogP contribution < -0.4 is 5.32 Å². The number of hydrogen-bond donors (Lipinski definition) is 1. The zero-order valence-electron chi connectivity index (χ0n) is 7.56.